The monoisotopic (exact) mass is 898 g/mol. The lowest BCUT2D eigenvalue weighted by molar-refractivity contribution is -0.137. The summed E-state index contributed by atoms with van der Waals surface area (Å²) in [5, 5.41) is 13.3. The molecule has 9 aromatic carbocycles. The summed E-state index contributed by atoms with van der Waals surface area (Å²) in [4.78, 5) is 15.2. The third-order valence-electron chi connectivity index (χ3n) is 12.9. The number of fused-ring (bicyclic) bond motifs is 6. The molecule has 0 fully saturated rings. The van der Waals surface area contributed by atoms with Crippen LogP contribution in [0.15, 0.2) is 206 Å². The normalized spacial score (nSPS) is 11.8. The second-order valence-corrected chi connectivity index (χ2v) is 17.2. The number of aryl methyl sites for hydroxylation is 1. The van der Waals surface area contributed by atoms with Gasteiger partial charge in [0.1, 0.15) is 0 Å². The molecule has 3 aromatic heterocycles. The van der Waals surface area contributed by atoms with Crippen molar-refractivity contribution < 1.29 is 13.2 Å². The predicted octanol–water partition coefficient (Wildman–Crippen LogP) is 15.6. The molecule has 0 N–H and O–H groups in total. The third-order valence-corrected chi connectivity index (χ3v) is 12.9. The number of rotatable bonds is 7. The molecule has 0 aliphatic heterocycles. The summed E-state index contributed by atoms with van der Waals surface area (Å²) in [5.74, 6) is 1.47. The highest BCUT2D eigenvalue weighted by atomic mass is 19.4. The van der Waals surface area contributed by atoms with Gasteiger partial charge in [0.15, 0.2) is 17.5 Å². The fourth-order valence-electron chi connectivity index (χ4n) is 9.67. The first kappa shape index (κ1) is 41.3. The predicted molar refractivity (Wildman–Crippen MR) is 270 cm³/mol. The lowest BCUT2D eigenvalue weighted by Gasteiger charge is -2.21. The fourth-order valence-corrected chi connectivity index (χ4v) is 9.67. The van der Waals surface area contributed by atoms with Crippen molar-refractivity contribution in [1.82, 2.24) is 24.1 Å². The zero-order valence-electron chi connectivity index (χ0n) is 36.9. The average molecular weight is 899 g/mol. The standard InChI is InChI=1S/C60H37F3N6/c1-37-23-28-53-48(31-37)45-19-8-11-22-52(45)69(53)56-34-42(41-18-12-13-38(32-41)36-64)24-27-47(56)49-33-43(59-66-57(39-14-4-2-5-15-39)65-58(67-59)40-16-6-3-7-17-40)25-29-54(49)68-51-21-10-9-20-46(51)50-35-44(60(61,62)63)26-30-55(50)68/h2-35H,1H3. The largest absolute Gasteiger partial charge is 0.416 e. The highest BCUT2D eigenvalue weighted by Gasteiger charge is 2.31. The third kappa shape index (κ3) is 7.18. The summed E-state index contributed by atoms with van der Waals surface area (Å²) in [5.41, 5.74) is 11.7. The second-order valence-electron chi connectivity index (χ2n) is 17.2. The Kier molecular flexibility index (Phi) is 9.78. The Hall–Kier alpha value is -9.13. The van der Waals surface area contributed by atoms with Crippen LogP contribution >= 0.6 is 0 Å². The molecule has 328 valence electrons. The lowest BCUT2D eigenvalue weighted by atomic mass is 9.94. The summed E-state index contributed by atoms with van der Waals surface area (Å²) in [7, 11) is 0. The van der Waals surface area contributed by atoms with E-state index in [1.54, 1.807) is 12.1 Å². The SMILES string of the molecule is Cc1ccc2c(c1)c1ccccc1n2-c1cc(-c2cccc(C#N)c2)ccc1-c1cc(-c2nc(-c3ccccc3)nc(-c3ccccc3)n2)ccc1-n1c2ccccc2c2cc(C(F)(F)F)ccc21. The Morgan fingerprint density at radius 2 is 0.928 bits per heavy atom. The molecule has 0 atom stereocenters. The number of alkyl halides is 3. The van der Waals surface area contributed by atoms with Gasteiger partial charge in [0.05, 0.1) is 50.6 Å². The van der Waals surface area contributed by atoms with Gasteiger partial charge < -0.3 is 9.13 Å². The Morgan fingerprint density at radius 1 is 0.406 bits per heavy atom. The van der Waals surface area contributed by atoms with Crippen LogP contribution in [-0.2, 0) is 6.18 Å². The minimum atomic E-state index is -4.53. The molecule has 0 amide bonds. The van der Waals surface area contributed by atoms with Crippen LogP contribution in [0.3, 0.4) is 0 Å². The van der Waals surface area contributed by atoms with Gasteiger partial charge in [-0.3, -0.25) is 0 Å². The van der Waals surface area contributed by atoms with Crippen LogP contribution in [0.4, 0.5) is 13.2 Å². The highest BCUT2D eigenvalue weighted by Crippen LogP contribution is 2.44. The maximum absolute atomic E-state index is 14.4. The van der Waals surface area contributed by atoms with Crippen LogP contribution in [0, 0.1) is 18.3 Å². The van der Waals surface area contributed by atoms with Gasteiger partial charge in [0, 0.05) is 49.4 Å². The van der Waals surface area contributed by atoms with E-state index in [2.05, 4.69) is 82.8 Å². The molecule has 9 heteroatoms. The molecule has 0 radical (unpaired) electrons. The van der Waals surface area contributed by atoms with Crippen molar-refractivity contribution in [2.24, 2.45) is 0 Å². The Balaban J connectivity index is 1.20. The summed E-state index contributed by atoms with van der Waals surface area (Å²) in [6.45, 7) is 2.09. The van der Waals surface area contributed by atoms with Crippen molar-refractivity contribution in [3.8, 4) is 73.9 Å². The molecule has 3 heterocycles. The number of aromatic nitrogens is 5. The molecule has 12 rings (SSSR count). The molecule has 0 saturated carbocycles. The van der Waals surface area contributed by atoms with Crippen molar-refractivity contribution in [3.63, 3.8) is 0 Å². The number of benzene rings is 9. The van der Waals surface area contributed by atoms with Crippen molar-refractivity contribution in [2.45, 2.75) is 13.1 Å². The fraction of sp³-hybridized carbons (Fsp3) is 0.0333. The van der Waals surface area contributed by atoms with Crippen molar-refractivity contribution in [1.29, 1.82) is 5.26 Å². The van der Waals surface area contributed by atoms with E-state index in [1.807, 2.05) is 121 Å². The van der Waals surface area contributed by atoms with E-state index < -0.39 is 11.7 Å². The Bertz CT molecular complexity index is 3970. The number of halogens is 3. The Morgan fingerprint density at radius 3 is 1.57 bits per heavy atom. The van der Waals surface area contributed by atoms with Gasteiger partial charge >= 0.3 is 6.18 Å². The molecule has 0 spiro atoms. The number of hydrogen-bond donors (Lipinski definition) is 0. The smallest absolute Gasteiger partial charge is 0.309 e. The van der Waals surface area contributed by atoms with Gasteiger partial charge in [-0.25, -0.2) is 15.0 Å². The number of hydrogen-bond acceptors (Lipinski definition) is 4. The first-order chi connectivity index (χ1) is 33.7. The van der Waals surface area contributed by atoms with E-state index in [0.29, 0.717) is 44.9 Å². The molecule has 0 aliphatic rings. The van der Waals surface area contributed by atoms with Gasteiger partial charge in [-0.1, -0.05) is 133 Å². The minimum absolute atomic E-state index is 0.450. The van der Waals surface area contributed by atoms with Crippen molar-refractivity contribution in [2.75, 3.05) is 0 Å². The highest BCUT2D eigenvalue weighted by molar-refractivity contribution is 6.12. The first-order valence-corrected chi connectivity index (χ1v) is 22.5. The van der Waals surface area contributed by atoms with Gasteiger partial charge in [-0.05, 0) is 96.9 Å². The number of nitrogens with zero attached hydrogens (tertiary/aromatic N) is 6. The maximum atomic E-state index is 14.4. The number of para-hydroxylation sites is 2. The number of nitriles is 1. The summed E-state index contributed by atoms with van der Waals surface area (Å²) >= 11 is 0. The van der Waals surface area contributed by atoms with Gasteiger partial charge in [-0.2, -0.15) is 18.4 Å². The topological polar surface area (TPSA) is 72.3 Å². The van der Waals surface area contributed by atoms with Crippen LogP contribution in [0.2, 0.25) is 0 Å². The van der Waals surface area contributed by atoms with Crippen LogP contribution in [0.5, 0.6) is 0 Å². The zero-order valence-corrected chi connectivity index (χ0v) is 36.9. The quantitative estimate of drug-likeness (QED) is 0.160. The molecule has 69 heavy (non-hydrogen) atoms. The van der Waals surface area contributed by atoms with E-state index in [1.165, 1.54) is 6.07 Å². The van der Waals surface area contributed by atoms with Crippen molar-refractivity contribution >= 4 is 43.6 Å². The van der Waals surface area contributed by atoms with Gasteiger partial charge in [-0.15, -0.1) is 0 Å². The lowest BCUT2D eigenvalue weighted by Crippen LogP contribution is -2.05. The summed E-state index contributed by atoms with van der Waals surface area (Å²) in [6.07, 6.45) is -4.53. The molecule has 0 saturated heterocycles. The van der Waals surface area contributed by atoms with Crippen molar-refractivity contribution in [3.05, 3.63) is 223 Å². The summed E-state index contributed by atoms with van der Waals surface area (Å²) in [6, 6.07) is 68.3. The molecular weight excluding hydrogens is 862 g/mol. The van der Waals surface area contributed by atoms with Gasteiger partial charge in [0.2, 0.25) is 0 Å². The average Bonchev–Trinajstić information content (AvgIpc) is 3.90. The zero-order chi connectivity index (χ0) is 46.8. The van der Waals surface area contributed by atoms with Gasteiger partial charge in [0.25, 0.3) is 0 Å². The van der Waals surface area contributed by atoms with Crippen LogP contribution in [-0.4, -0.2) is 24.1 Å². The molecule has 12 aromatic rings. The van der Waals surface area contributed by atoms with Crippen LogP contribution in [0.1, 0.15) is 16.7 Å². The molecule has 6 nitrogen and oxygen atoms in total. The molecular formula is C60H37F3N6. The van der Waals surface area contributed by atoms with Crippen LogP contribution in [0.25, 0.3) is 111 Å². The molecule has 0 bridgehead atoms. The van der Waals surface area contributed by atoms with E-state index in [0.717, 1.165) is 83.7 Å². The second kappa shape index (κ2) is 16.3. The Labute approximate surface area is 394 Å². The van der Waals surface area contributed by atoms with E-state index in [4.69, 9.17) is 15.0 Å². The minimum Gasteiger partial charge on any atom is -0.309 e. The molecule has 0 aliphatic carbocycles. The molecule has 0 unspecified atom stereocenters. The summed E-state index contributed by atoms with van der Waals surface area (Å²) < 4.78 is 47.5. The van der Waals surface area contributed by atoms with E-state index >= 15 is 0 Å². The maximum Gasteiger partial charge on any atom is 0.416 e. The van der Waals surface area contributed by atoms with Crippen LogP contribution < -0.4 is 0 Å². The van der Waals surface area contributed by atoms with E-state index in [9.17, 15) is 18.4 Å². The first-order valence-electron chi connectivity index (χ1n) is 22.5. The van der Waals surface area contributed by atoms with E-state index in [-0.39, 0.29) is 0 Å².